The molecule has 0 aliphatic heterocycles. The smallest absolute Gasteiger partial charge is 0.323 e. The molecule has 0 aliphatic carbocycles. The van der Waals surface area contributed by atoms with Crippen molar-refractivity contribution in [1.29, 1.82) is 0 Å². The van der Waals surface area contributed by atoms with Crippen LogP contribution in [0.2, 0.25) is 5.02 Å². The minimum absolute atomic E-state index is 0.192. The van der Waals surface area contributed by atoms with Crippen LogP contribution in [0.5, 0.6) is 0 Å². The van der Waals surface area contributed by atoms with Crippen molar-refractivity contribution in [3.8, 4) is 0 Å². The van der Waals surface area contributed by atoms with E-state index in [0.29, 0.717) is 0 Å². The Hall–Kier alpha value is -1.18. The molecule has 0 aliphatic rings. The summed E-state index contributed by atoms with van der Waals surface area (Å²) in [6.07, 6.45) is 0. The van der Waals surface area contributed by atoms with Crippen molar-refractivity contribution in [2.45, 2.75) is 32.4 Å². The highest BCUT2D eigenvalue weighted by molar-refractivity contribution is 7.91. The molecule has 0 radical (unpaired) electrons. The summed E-state index contributed by atoms with van der Waals surface area (Å²) in [6, 6.07) is 2.22. The standard InChI is InChI=1S/C12H14ClFN2O3S/c1-7(15-20(19)12(2,3)4)8-5-6-9(14)11(10(8)13)16(17)18/h5-6H,1-4H3. The maximum atomic E-state index is 13.4. The highest BCUT2D eigenvalue weighted by Crippen LogP contribution is 2.31. The molecule has 0 fully saturated rings. The van der Waals surface area contributed by atoms with E-state index in [1.54, 1.807) is 20.8 Å². The lowest BCUT2D eigenvalue weighted by Gasteiger charge is -2.18. The third-order valence-corrected chi connectivity index (χ3v) is 4.25. The number of hydrogen-bond donors (Lipinski definition) is 0. The average Bonchev–Trinajstić information content (AvgIpc) is 2.26. The number of halogens is 2. The van der Waals surface area contributed by atoms with Crippen molar-refractivity contribution in [1.82, 2.24) is 0 Å². The van der Waals surface area contributed by atoms with Gasteiger partial charge in [0.15, 0.2) is 0 Å². The van der Waals surface area contributed by atoms with E-state index in [1.165, 1.54) is 13.0 Å². The maximum absolute atomic E-state index is 13.4. The fourth-order valence-corrected chi connectivity index (χ4v) is 2.28. The van der Waals surface area contributed by atoms with E-state index in [9.17, 15) is 19.1 Å². The SMILES string of the molecule is CC(=N[S+]([O-])C(C)(C)C)c1ccc(F)c([N+](=O)[O-])c1Cl. The average molecular weight is 321 g/mol. The molecule has 8 heteroatoms. The second kappa shape index (κ2) is 6.07. The normalized spacial score (nSPS) is 14.2. The number of nitrogens with zero attached hydrogens (tertiary/aromatic N) is 2. The van der Waals surface area contributed by atoms with E-state index >= 15 is 0 Å². The molecule has 0 N–H and O–H groups in total. The van der Waals surface area contributed by atoms with Gasteiger partial charge in [0.25, 0.3) is 0 Å². The van der Waals surface area contributed by atoms with E-state index in [2.05, 4.69) is 4.40 Å². The Kier molecular flexibility index (Phi) is 5.12. The third kappa shape index (κ3) is 3.68. The second-order valence-corrected chi connectivity index (χ2v) is 7.34. The van der Waals surface area contributed by atoms with Crippen molar-refractivity contribution in [3.05, 3.63) is 38.7 Å². The van der Waals surface area contributed by atoms with Gasteiger partial charge < -0.3 is 4.55 Å². The minimum atomic E-state index is -1.53. The van der Waals surface area contributed by atoms with Gasteiger partial charge in [-0.25, -0.2) is 0 Å². The van der Waals surface area contributed by atoms with Crippen molar-refractivity contribution in [3.63, 3.8) is 0 Å². The van der Waals surface area contributed by atoms with Crippen LogP contribution in [-0.4, -0.2) is 19.9 Å². The van der Waals surface area contributed by atoms with Crippen LogP contribution >= 0.6 is 11.6 Å². The molecule has 0 saturated carbocycles. The first-order valence-corrected chi connectivity index (χ1v) is 7.14. The molecule has 1 aromatic rings. The Morgan fingerprint density at radius 3 is 2.45 bits per heavy atom. The Balaban J connectivity index is 3.31. The minimum Gasteiger partial charge on any atom is -0.591 e. The summed E-state index contributed by atoms with van der Waals surface area (Å²) in [4.78, 5) is 9.89. The number of nitro benzene ring substituents is 1. The molecule has 0 spiro atoms. The van der Waals surface area contributed by atoms with Gasteiger partial charge in [0, 0.05) is 5.56 Å². The van der Waals surface area contributed by atoms with Crippen LogP contribution in [-0.2, 0) is 11.4 Å². The summed E-state index contributed by atoms with van der Waals surface area (Å²) in [5.74, 6) is -1.02. The number of rotatable bonds is 3. The van der Waals surface area contributed by atoms with Gasteiger partial charge in [-0.1, -0.05) is 16.0 Å². The molecular formula is C12H14ClFN2O3S. The molecule has 110 valence electrons. The Morgan fingerprint density at radius 2 is 2.00 bits per heavy atom. The molecule has 1 unspecified atom stereocenters. The molecule has 0 saturated heterocycles. The van der Waals surface area contributed by atoms with Gasteiger partial charge >= 0.3 is 5.69 Å². The molecule has 20 heavy (non-hydrogen) atoms. The lowest BCUT2D eigenvalue weighted by Crippen LogP contribution is -2.26. The summed E-state index contributed by atoms with van der Waals surface area (Å²) in [7, 11) is 0. The molecular weight excluding hydrogens is 307 g/mol. The van der Waals surface area contributed by atoms with E-state index < -0.39 is 32.5 Å². The van der Waals surface area contributed by atoms with Gasteiger partial charge in [0.2, 0.25) is 5.82 Å². The van der Waals surface area contributed by atoms with Gasteiger partial charge in [0.05, 0.1) is 10.6 Å². The third-order valence-electron chi connectivity index (χ3n) is 2.38. The van der Waals surface area contributed by atoms with Crippen LogP contribution in [0.25, 0.3) is 0 Å². The van der Waals surface area contributed by atoms with Crippen molar-refractivity contribution < 1.29 is 13.9 Å². The monoisotopic (exact) mass is 320 g/mol. The molecule has 1 rings (SSSR count). The van der Waals surface area contributed by atoms with E-state index in [-0.39, 0.29) is 16.3 Å². The first-order chi connectivity index (χ1) is 9.05. The molecule has 5 nitrogen and oxygen atoms in total. The molecule has 0 amide bonds. The number of nitro groups is 1. The topological polar surface area (TPSA) is 78.6 Å². The predicted octanol–water partition coefficient (Wildman–Crippen LogP) is 3.66. The predicted molar refractivity (Wildman–Crippen MR) is 78.2 cm³/mol. The summed E-state index contributed by atoms with van der Waals surface area (Å²) in [5, 5.41) is 10.4. The van der Waals surface area contributed by atoms with Crippen LogP contribution in [0.4, 0.5) is 10.1 Å². The van der Waals surface area contributed by atoms with Crippen molar-refractivity contribution in [2.75, 3.05) is 0 Å². The lowest BCUT2D eigenvalue weighted by molar-refractivity contribution is -0.387. The summed E-state index contributed by atoms with van der Waals surface area (Å²) in [6.45, 7) is 6.75. The highest BCUT2D eigenvalue weighted by atomic mass is 35.5. The fourth-order valence-electron chi connectivity index (χ4n) is 1.30. The van der Waals surface area contributed by atoms with Gasteiger partial charge in [-0.05, 0) is 39.8 Å². The summed E-state index contributed by atoms with van der Waals surface area (Å²) in [5.41, 5.74) is -0.357. The van der Waals surface area contributed by atoms with Gasteiger partial charge in [-0.2, -0.15) is 4.39 Å². The van der Waals surface area contributed by atoms with E-state index in [1.807, 2.05) is 0 Å². The number of hydrogen-bond acceptors (Lipinski definition) is 4. The Labute approximate surface area is 124 Å². The Bertz CT molecular complexity index is 573. The van der Waals surface area contributed by atoms with Crippen LogP contribution < -0.4 is 0 Å². The zero-order chi connectivity index (χ0) is 15.7. The first kappa shape index (κ1) is 16.9. The van der Waals surface area contributed by atoms with Gasteiger partial charge in [-0.15, -0.1) is 0 Å². The van der Waals surface area contributed by atoms with Gasteiger partial charge in [0.1, 0.15) is 21.1 Å². The van der Waals surface area contributed by atoms with Crippen LogP contribution in [0, 0.1) is 15.9 Å². The molecule has 0 aromatic heterocycles. The largest absolute Gasteiger partial charge is 0.591 e. The van der Waals surface area contributed by atoms with Crippen molar-refractivity contribution >= 4 is 34.4 Å². The number of benzene rings is 1. The van der Waals surface area contributed by atoms with Crippen LogP contribution in [0.15, 0.2) is 16.5 Å². The molecule has 0 heterocycles. The first-order valence-electron chi connectivity index (χ1n) is 5.65. The zero-order valence-electron chi connectivity index (χ0n) is 11.4. The van der Waals surface area contributed by atoms with Gasteiger partial charge in [-0.3, -0.25) is 10.1 Å². The second-order valence-electron chi connectivity index (χ2n) is 5.05. The van der Waals surface area contributed by atoms with Crippen molar-refractivity contribution in [2.24, 2.45) is 4.40 Å². The van der Waals surface area contributed by atoms with Crippen LogP contribution in [0.3, 0.4) is 0 Å². The molecule has 0 bridgehead atoms. The quantitative estimate of drug-likeness (QED) is 0.369. The summed E-state index contributed by atoms with van der Waals surface area (Å²) >= 11 is 4.31. The van der Waals surface area contributed by atoms with E-state index in [0.717, 1.165) is 6.07 Å². The zero-order valence-corrected chi connectivity index (χ0v) is 13.0. The molecule has 1 aromatic carbocycles. The van der Waals surface area contributed by atoms with Crippen LogP contribution in [0.1, 0.15) is 33.3 Å². The molecule has 1 atom stereocenters. The van der Waals surface area contributed by atoms with E-state index in [4.69, 9.17) is 11.6 Å². The fraction of sp³-hybridized carbons (Fsp3) is 0.417. The highest BCUT2D eigenvalue weighted by Gasteiger charge is 2.28. The Morgan fingerprint density at radius 1 is 1.45 bits per heavy atom. The lowest BCUT2D eigenvalue weighted by atomic mass is 10.1. The maximum Gasteiger partial charge on any atom is 0.323 e. The summed E-state index contributed by atoms with van der Waals surface area (Å²) < 4.78 is 28.7.